The molecule has 1 aliphatic rings. The fourth-order valence-corrected chi connectivity index (χ4v) is 2.90. The van der Waals surface area contributed by atoms with Crippen molar-refractivity contribution in [3.05, 3.63) is 29.8 Å². The fraction of sp³-hybridized carbons (Fsp3) is 0.562. The minimum absolute atomic E-state index is 0.228. The van der Waals surface area contributed by atoms with Crippen molar-refractivity contribution in [3.63, 3.8) is 0 Å². The van der Waals surface area contributed by atoms with Crippen LogP contribution in [-0.2, 0) is 4.79 Å². The van der Waals surface area contributed by atoms with Gasteiger partial charge in [0, 0.05) is 24.1 Å². The van der Waals surface area contributed by atoms with Crippen molar-refractivity contribution < 1.29 is 14.6 Å². The van der Waals surface area contributed by atoms with Crippen LogP contribution < -0.4 is 4.74 Å². The zero-order valence-corrected chi connectivity index (χ0v) is 12.4. The van der Waals surface area contributed by atoms with Gasteiger partial charge in [-0.3, -0.25) is 9.69 Å². The second-order valence-electron chi connectivity index (χ2n) is 5.60. The summed E-state index contributed by atoms with van der Waals surface area (Å²) >= 11 is 0. The summed E-state index contributed by atoms with van der Waals surface area (Å²) in [5.74, 6) is 0.177. The Morgan fingerprint density at radius 1 is 1.50 bits per heavy atom. The molecule has 0 fully saturated rings. The van der Waals surface area contributed by atoms with Crippen molar-refractivity contribution in [2.75, 3.05) is 19.7 Å². The van der Waals surface area contributed by atoms with Crippen LogP contribution in [0.5, 0.6) is 5.75 Å². The van der Waals surface area contributed by atoms with Crippen molar-refractivity contribution in [3.8, 4) is 5.75 Å². The van der Waals surface area contributed by atoms with Crippen molar-refractivity contribution in [2.45, 2.75) is 26.8 Å². The van der Waals surface area contributed by atoms with Crippen molar-refractivity contribution in [2.24, 2.45) is 11.8 Å². The highest BCUT2D eigenvalue weighted by Gasteiger charge is 2.33. The number of rotatable bonds is 5. The summed E-state index contributed by atoms with van der Waals surface area (Å²) < 4.78 is 5.77. The molecule has 4 heteroatoms. The summed E-state index contributed by atoms with van der Waals surface area (Å²) in [6, 6.07) is 8.29. The minimum atomic E-state index is -0.739. The van der Waals surface area contributed by atoms with Gasteiger partial charge in [-0.1, -0.05) is 39.0 Å². The van der Waals surface area contributed by atoms with Crippen LogP contribution in [0, 0.1) is 11.8 Å². The Hall–Kier alpha value is -1.55. The van der Waals surface area contributed by atoms with Gasteiger partial charge in [-0.15, -0.1) is 0 Å². The van der Waals surface area contributed by atoms with E-state index in [4.69, 9.17) is 9.84 Å². The molecule has 1 heterocycles. The number of carbonyl (C=O) groups is 1. The minimum Gasteiger partial charge on any atom is -0.493 e. The average Bonchev–Trinajstić information content (AvgIpc) is 2.45. The Bertz CT molecular complexity index is 475. The van der Waals surface area contributed by atoms with Crippen LogP contribution in [0.2, 0.25) is 0 Å². The molecule has 0 aliphatic carbocycles. The molecule has 2 rings (SSSR count). The zero-order valence-electron chi connectivity index (χ0n) is 12.4. The standard InChI is InChI=1S/C16H23NO3/c1-4-17(9-11(2)16(18)19)15-12(3)10-20-14-8-6-5-7-13(14)15/h5-8,11-12,15H,4,9-10H2,1-3H3,(H,18,19). The highest BCUT2D eigenvalue weighted by molar-refractivity contribution is 5.69. The monoisotopic (exact) mass is 277 g/mol. The van der Waals surface area contributed by atoms with E-state index in [0.717, 1.165) is 12.3 Å². The summed E-state index contributed by atoms with van der Waals surface area (Å²) in [6.07, 6.45) is 0. The van der Waals surface area contributed by atoms with Crippen LogP contribution in [0.15, 0.2) is 24.3 Å². The van der Waals surface area contributed by atoms with E-state index < -0.39 is 5.97 Å². The Morgan fingerprint density at radius 2 is 2.20 bits per heavy atom. The van der Waals surface area contributed by atoms with Crippen LogP contribution in [0.3, 0.4) is 0 Å². The van der Waals surface area contributed by atoms with E-state index in [-0.39, 0.29) is 12.0 Å². The highest BCUT2D eigenvalue weighted by Crippen LogP contribution is 2.39. The predicted molar refractivity (Wildman–Crippen MR) is 77.9 cm³/mol. The molecule has 3 atom stereocenters. The lowest BCUT2D eigenvalue weighted by Crippen LogP contribution is -2.41. The van der Waals surface area contributed by atoms with Crippen LogP contribution in [0.1, 0.15) is 32.4 Å². The Balaban J connectivity index is 2.26. The number of carboxylic acid groups (broad SMARTS) is 1. The second kappa shape index (κ2) is 6.27. The van der Waals surface area contributed by atoms with Crippen LogP contribution in [-0.4, -0.2) is 35.7 Å². The molecule has 0 bridgehead atoms. The molecule has 0 saturated heterocycles. The summed E-state index contributed by atoms with van der Waals surface area (Å²) in [4.78, 5) is 13.4. The molecule has 1 aromatic carbocycles. The smallest absolute Gasteiger partial charge is 0.307 e. The SMILES string of the molecule is CCN(CC(C)C(=O)O)C1c2ccccc2OCC1C. The maximum Gasteiger partial charge on any atom is 0.307 e. The normalized spacial score (nSPS) is 23.0. The first kappa shape index (κ1) is 14.9. The largest absolute Gasteiger partial charge is 0.493 e. The number of aliphatic carboxylic acids is 1. The van der Waals surface area contributed by atoms with Gasteiger partial charge >= 0.3 is 5.97 Å². The number of hydrogen-bond acceptors (Lipinski definition) is 3. The number of para-hydroxylation sites is 1. The molecule has 0 saturated carbocycles. The van der Waals surface area contributed by atoms with E-state index >= 15 is 0 Å². The van der Waals surface area contributed by atoms with Gasteiger partial charge < -0.3 is 9.84 Å². The molecule has 4 nitrogen and oxygen atoms in total. The Morgan fingerprint density at radius 3 is 2.85 bits per heavy atom. The number of benzene rings is 1. The molecule has 1 aliphatic heterocycles. The van der Waals surface area contributed by atoms with E-state index in [2.05, 4.69) is 24.8 Å². The molecule has 1 N–H and O–H groups in total. The maximum absolute atomic E-state index is 11.1. The van der Waals surface area contributed by atoms with Crippen molar-refractivity contribution in [1.82, 2.24) is 4.90 Å². The van der Waals surface area contributed by atoms with Gasteiger partial charge in [0.1, 0.15) is 5.75 Å². The third-order valence-corrected chi connectivity index (χ3v) is 4.01. The summed E-state index contributed by atoms with van der Waals surface area (Å²) in [5.41, 5.74) is 1.17. The molecule has 0 amide bonds. The highest BCUT2D eigenvalue weighted by atomic mass is 16.5. The lowest BCUT2D eigenvalue weighted by Gasteiger charge is -2.39. The first-order valence-corrected chi connectivity index (χ1v) is 7.23. The van der Waals surface area contributed by atoms with Gasteiger partial charge in [0.2, 0.25) is 0 Å². The van der Waals surface area contributed by atoms with E-state index in [9.17, 15) is 4.79 Å². The van der Waals surface area contributed by atoms with E-state index in [1.165, 1.54) is 5.56 Å². The van der Waals surface area contributed by atoms with Gasteiger partial charge in [-0.05, 0) is 12.6 Å². The molecule has 20 heavy (non-hydrogen) atoms. The number of carboxylic acids is 1. The number of fused-ring (bicyclic) bond motifs is 1. The lowest BCUT2D eigenvalue weighted by molar-refractivity contribution is -0.142. The van der Waals surface area contributed by atoms with E-state index in [1.807, 2.05) is 18.2 Å². The molecular formula is C16H23NO3. The third-order valence-electron chi connectivity index (χ3n) is 4.01. The molecule has 0 radical (unpaired) electrons. The summed E-state index contributed by atoms with van der Waals surface area (Å²) in [6.45, 7) is 8.09. The molecule has 110 valence electrons. The van der Waals surface area contributed by atoms with Crippen LogP contribution in [0.25, 0.3) is 0 Å². The summed E-state index contributed by atoms with van der Waals surface area (Å²) in [5, 5.41) is 9.13. The number of hydrogen-bond donors (Lipinski definition) is 1. The Kier molecular flexibility index (Phi) is 4.65. The molecule has 1 aromatic rings. The first-order chi connectivity index (χ1) is 9.54. The predicted octanol–water partition coefficient (Wildman–Crippen LogP) is 2.80. The van der Waals surface area contributed by atoms with Crippen molar-refractivity contribution >= 4 is 5.97 Å². The van der Waals surface area contributed by atoms with Crippen LogP contribution in [0.4, 0.5) is 0 Å². The van der Waals surface area contributed by atoms with Gasteiger partial charge in [0.05, 0.1) is 12.5 Å². The van der Waals surface area contributed by atoms with Gasteiger partial charge in [-0.2, -0.15) is 0 Å². The van der Waals surface area contributed by atoms with E-state index in [0.29, 0.717) is 19.1 Å². The first-order valence-electron chi connectivity index (χ1n) is 7.23. The third kappa shape index (κ3) is 2.96. The van der Waals surface area contributed by atoms with Gasteiger partial charge in [0.25, 0.3) is 0 Å². The molecular weight excluding hydrogens is 254 g/mol. The van der Waals surface area contributed by atoms with Gasteiger partial charge in [-0.25, -0.2) is 0 Å². The van der Waals surface area contributed by atoms with Crippen molar-refractivity contribution in [1.29, 1.82) is 0 Å². The second-order valence-corrected chi connectivity index (χ2v) is 5.60. The number of nitrogens with zero attached hydrogens (tertiary/aromatic N) is 1. The average molecular weight is 277 g/mol. The molecule has 0 aromatic heterocycles. The zero-order chi connectivity index (χ0) is 14.7. The fourth-order valence-electron chi connectivity index (χ4n) is 2.90. The topological polar surface area (TPSA) is 49.8 Å². The quantitative estimate of drug-likeness (QED) is 0.899. The van der Waals surface area contributed by atoms with Gasteiger partial charge in [0.15, 0.2) is 0 Å². The summed E-state index contributed by atoms with van der Waals surface area (Å²) in [7, 11) is 0. The lowest BCUT2D eigenvalue weighted by atomic mass is 9.90. The maximum atomic E-state index is 11.1. The molecule has 3 unspecified atom stereocenters. The van der Waals surface area contributed by atoms with E-state index in [1.54, 1.807) is 6.92 Å². The van der Waals surface area contributed by atoms with Crippen LogP contribution >= 0.6 is 0 Å². The number of ether oxygens (including phenoxy) is 1. The molecule has 0 spiro atoms. The Labute approximate surface area is 120 Å².